The SMILES string of the molecule is [CH2]CCN(N)C(=O)NN. The van der Waals surface area contributed by atoms with E-state index in [-0.39, 0.29) is 0 Å². The van der Waals surface area contributed by atoms with E-state index in [1.54, 1.807) is 0 Å². The second kappa shape index (κ2) is 4.11. The average molecular weight is 131 g/mol. The number of amides is 2. The minimum Gasteiger partial charge on any atom is -0.275 e. The van der Waals surface area contributed by atoms with Crippen LogP contribution < -0.4 is 17.1 Å². The predicted molar refractivity (Wildman–Crippen MR) is 33.6 cm³/mol. The van der Waals surface area contributed by atoms with Crippen molar-refractivity contribution in [1.82, 2.24) is 10.4 Å². The van der Waals surface area contributed by atoms with Crippen molar-refractivity contribution in [2.24, 2.45) is 11.7 Å². The van der Waals surface area contributed by atoms with Crippen molar-refractivity contribution < 1.29 is 4.79 Å². The van der Waals surface area contributed by atoms with Crippen LogP contribution >= 0.6 is 0 Å². The summed E-state index contributed by atoms with van der Waals surface area (Å²) >= 11 is 0. The van der Waals surface area contributed by atoms with Gasteiger partial charge in [-0.3, -0.25) is 10.4 Å². The van der Waals surface area contributed by atoms with Crippen LogP contribution in [0.2, 0.25) is 0 Å². The molecule has 0 saturated carbocycles. The Bertz CT molecular complexity index is 94.6. The average Bonchev–Trinajstić information content (AvgIpc) is 1.87. The molecule has 0 rings (SSSR count). The number of carbonyl (C=O) groups is 1. The molecule has 5 heteroatoms. The third kappa shape index (κ3) is 2.89. The molecule has 0 atom stereocenters. The van der Waals surface area contributed by atoms with Crippen LogP contribution in [0.3, 0.4) is 0 Å². The van der Waals surface area contributed by atoms with Gasteiger partial charge in [-0.1, -0.05) is 6.92 Å². The zero-order valence-electron chi connectivity index (χ0n) is 5.13. The van der Waals surface area contributed by atoms with Crippen molar-refractivity contribution in [1.29, 1.82) is 0 Å². The van der Waals surface area contributed by atoms with Crippen molar-refractivity contribution >= 4 is 6.03 Å². The van der Waals surface area contributed by atoms with Crippen molar-refractivity contribution in [2.45, 2.75) is 6.42 Å². The lowest BCUT2D eigenvalue weighted by atomic mass is 10.5. The largest absolute Gasteiger partial charge is 0.345 e. The van der Waals surface area contributed by atoms with Crippen molar-refractivity contribution in [3.8, 4) is 0 Å². The molecule has 5 N–H and O–H groups in total. The lowest BCUT2D eigenvalue weighted by Crippen LogP contribution is -2.47. The minimum absolute atomic E-state index is 0.406. The van der Waals surface area contributed by atoms with E-state index >= 15 is 0 Å². The van der Waals surface area contributed by atoms with Gasteiger partial charge in [-0.05, 0) is 6.42 Å². The molecule has 0 aromatic rings. The van der Waals surface area contributed by atoms with Gasteiger partial charge in [0, 0.05) is 6.54 Å². The molecule has 0 aliphatic heterocycles. The Kier molecular flexibility index (Phi) is 3.74. The summed E-state index contributed by atoms with van der Waals surface area (Å²) < 4.78 is 0. The summed E-state index contributed by atoms with van der Waals surface area (Å²) in [6.07, 6.45) is 0.573. The summed E-state index contributed by atoms with van der Waals surface area (Å²) in [7, 11) is 0. The van der Waals surface area contributed by atoms with Crippen LogP contribution in [-0.2, 0) is 0 Å². The molecule has 0 aromatic heterocycles. The van der Waals surface area contributed by atoms with E-state index < -0.39 is 6.03 Å². The molecule has 9 heavy (non-hydrogen) atoms. The summed E-state index contributed by atoms with van der Waals surface area (Å²) in [6, 6.07) is -0.501. The number of hydrogen-bond acceptors (Lipinski definition) is 3. The van der Waals surface area contributed by atoms with Crippen LogP contribution in [0.25, 0.3) is 0 Å². The van der Waals surface area contributed by atoms with Crippen molar-refractivity contribution in [3.05, 3.63) is 6.92 Å². The van der Waals surface area contributed by atoms with E-state index in [9.17, 15) is 4.79 Å². The van der Waals surface area contributed by atoms with Gasteiger partial charge in [0.25, 0.3) is 0 Å². The van der Waals surface area contributed by atoms with Gasteiger partial charge in [0.1, 0.15) is 0 Å². The number of hydrazine groups is 2. The Balaban J connectivity index is 3.45. The van der Waals surface area contributed by atoms with Gasteiger partial charge in [-0.2, -0.15) is 0 Å². The fraction of sp³-hybridized carbons (Fsp3) is 0.500. The maximum Gasteiger partial charge on any atom is 0.345 e. The number of urea groups is 1. The number of nitrogens with one attached hydrogen (secondary N) is 1. The van der Waals surface area contributed by atoms with E-state index in [4.69, 9.17) is 11.7 Å². The van der Waals surface area contributed by atoms with E-state index in [1.165, 1.54) is 0 Å². The summed E-state index contributed by atoms with van der Waals surface area (Å²) in [5, 5.41) is 0.965. The van der Waals surface area contributed by atoms with Crippen molar-refractivity contribution in [3.63, 3.8) is 0 Å². The monoisotopic (exact) mass is 131 g/mol. The molecule has 0 aliphatic rings. The van der Waals surface area contributed by atoms with Crippen LogP contribution in [-0.4, -0.2) is 17.6 Å². The quantitative estimate of drug-likeness (QED) is 0.254. The summed E-state index contributed by atoms with van der Waals surface area (Å²) in [6.45, 7) is 3.91. The third-order valence-electron chi connectivity index (χ3n) is 0.783. The van der Waals surface area contributed by atoms with E-state index in [0.717, 1.165) is 5.01 Å². The fourth-order valence-electron chi connectivity index (χ4n) is 0.355. The number of hydrogen-bond donors (Lipinski definition) is 3. The highest BCUT2D eigenvalue weighted by molar-refractivity contribution is 5.72. The summed E-state index contributed by atoms with van der Waals surface area (Å²) in [4.78, 5) is 10.4. The zero-order chi connectivity index (χ0) is 7.28. The molecule has 0 saturated heterocycles. The fourth-order valence-corrected chi connectivity index (χ4v) is 0.355. The third-order valence-corrected chi connectivity index (χ3v) is 0.783. The maximum atomic E-state index is 10.4. The predicted octanol–water partition coefficient (Wildman–Crippen LogP) is -1.03. The van der Waals surface area contributed by atoms with Crippen molar-refractivity contribution in [2.75, 3.05) is 6.54 Å². The molecule has 53 valence electrons. The standard InChI is InChI=1S/C4H11N4O/c1-2-3-8(6)4(9)7-5/h1-3,5-6H2,(H,7,9). The van der Waals surface area contributed by atoms with Gasteiger partial charge in [-0.25, -0.2) is 16.5 Å². The molecule has 0 bridgehead atoms. The summed E-state index contributed by atoms with van der Waals surface area (Å²) in [5.74, 6) is 9.90. The molecule has 1 radical (unpaired) electrons. The van der Waals surface area contributed by atoms with Gasteiger partial charge in [0.15, 0.2) is 0 Å². The minimum atomic E-state index is -0.501. The number of rotatable bonds is 2. The number of carbonyl (C=O) groups excluding carboxylic acids is 1. The Morgan fingerprint density at radius 1 is 1.78 bits per heavy atom. The first kappa shape index (κ1) is 8.19. The first-order chi connectivity index (χ1) is 4.22. The maximum absolute atomic E-state index is 10.4. The highest BCUT2D eigenvalue weighted by atomic mass is 16.2. The highest BCUT2D eigenvalue weighted by Gasteiger charge is 2.02. The number of nitrogens with two attached hydrogens (primary N) is 2. The lowest BCUT2D eigenvalue weighted by molar-refractivity contribution is 0.200. The topological polar surface area (TPSA) is 84.4 Å². The Hall–Kier alpha value is -0.810. The molecule has 0 aromatic carbocycles. The normalized spacial score (nSPS) is 8.78. The van der Waals surface area contributed by atoms with Crippen LogP contribution in [0.1, 0.15) is 6.42 Å². The molecule has 0 fully saturated rings. The lowest BCUT2D eigenvalue weighted by Gasteiger charge is -2.13. The molecule has 0 aliphatic carbocycles. The smallest absolute Gasteiger partial charge is 0.275 e. The second-order valence-electron chi connectivity index (χ2n) is 1.50. The van der Waals surface area contributed by atoms with Crippen LogP contribution in [0.4, 0.5) is 4.79 Å². The molecule has 0 unspecified atom stereocenters. The van der Waals surface area contributed by atoms with Gasteiger partial charge in [0.2, 0.25) is 0 Å². The van der Waals surface area contributed by atoms with Gasteiger partial charge >= 0.3 is 6.03 Å². The van der Waals surface area contributed by atoms with E-state index in [1.807, 2.05) is 5.43 Å². The Labute approximate surface area is 53.9 Å². The van der Waals surface area contributed by atoms with Gasteiger partial charge < -0.3 is 0 Å². The van der Waals surface area contributed by atoms with Crippen LogP contribution in [0.5, 0.6) is 0 Å². The molecule has 5 nitrogen and oxygen atoms in total. The molecule has 0 spiro atoms. The molecular weight excluding hydrogens is 120 g/mol. The second-order valence-corrected chi connectivity index (χ2v) is 1.50. The van der Waals surface area contributed by atoms with E-state index in [0.29, 0.717) is 13.0 Å². The van der Waals surface area contributed by atoms with Gasteiger partial charge in [-0.15, -0.1) is 0 Å². The zero-order valence-corrected chi connectivity index (χ0v) is 5.13. The summed E-state index contributed by atoms with van der Waals surface area (Å²) in [5.41, 5.74) is 1.88. The van der Waals surface area contributed by atoms with Crippen LogP contribution in [0, 0.1) is 6.92 Å². The van der Waals surface area contributed by atoms with Crippen LogP contribution in [0.15, 0.2) is 0 Å². The van der Waals surface area contributed by atoms with E-state index in [2.05, 4.69) is 6.92 Å². The first-order valence-corrected chi connectivity index (χ1v) is 2.54. The Morgan fingerprint density at radius 3 is 2.67 bits per heavy atom. The first-order valence-electron chi connectivity index (χ1n) is 2.54. The number of nitrogens with zero attached hydrogens (tertiary/aromatic N) is 1. The molecular formula is C4H11N4O. The Morgan fingerprint density at radius 2 is 2.33 bits per heavy atom. The van der Waals surface area contributed by atoms with Gasteiger partial charge in [0.05, 0.1) is 0 Å². The molecule has 2 amide bonds. The highest BCUT2D eigenvalue weighted by Crippen LogP contribution is 1.80. The molecule has 0 heterocycles.